The van der Waals surface area contributed by atoms with Gasteiger partial charge in [-0.1, -0.05) is 6.92 Å². The van der Waals surface area contributed by atoms with Crippen LogP contribution >= 0.6 is 0 Å². The van der Waals surface area contributed by atoms with Crippen molar-refractivity contribution in [1.82, 2.24) is 0 Å². The number of nitrogens with two attached hydrogens (primary N) is 1. The molecule has 0 heterocycles. The lowest BCUT2D eigenvalue weighted by molar-refractivity contribution is 0.482. The van der Waals surface area contributed by atoms with Gasteiger partial charge in [-0.05, 0) is 24.6 Å². The molecule has 6 nitrogen and oxygen atoms in total. The fraction of sp³-hybridized carbons (Fsp3) is 0.333. The standard InChI is InChI=1S/C9H13NO5S2/c1-3-16(11,12)9-5-8(17(13,14)15)6(2)4-7(9)10/h4-5H,3,10H2,1-2H3,(H,13,14,15). The van der Waals surface area contributed by atoms with E-state index in [0.717, 1.165) is 6.07 Å². The summed E-state index contributed by atoms with van der Waals surface area (Å²) in [5, 5.41) is 0. The van der Waals surface area contributed by atoms with E-state index in [-0.39, 0.29) is 21.9 Å². The van der Waals surface area contributed by atoms with Crippen molar-refractivity contribution in [3.05, 3.63) is 17.7 Å². The Balaban J connectivity index is 3.68. The van der Waals surface area contributed by atoms with Crippen LogP contribution in [0.25, 0.3) is 0 Å². The quantitative estimate of drug-likeness (QED) is 0.619. The Bertz CT molecular complexity index is 646. The minimum atomic E-state index is -4.46. The molecule has 1 rings (SSSR count). The highest BCUT2D eigenvalue weighted by atomic mass is 32.2. The third-order valence-corrected chi connectivity index (χ3v) is 5.08. The molecule has 0 aliphatic heterocycles. The van der Waals surface area contributed by atoms with Gasteiger partial charge in [-0.2, -0.15) is 8.42 Å². The van der Waals surface area contributed by atoms with Crippen LogP contribution in [-0.4, -0.2) is 27.1 Å². The van der Waals surface area contributed by atoms with Gasteiger partial charge in [0.05, 0.1) is 21.2 Å². The molecular weight excluding hydrogens is 266 g/mol. The minimum absolute atomic E-state index is 0.0308. The van der Waals surface area contributed by atoms with Crippen molar-refractivity contribution in [3.8, 4) is 0 Å². The Labute approximate surface area is 100 Å². The zero-order valence-corrected chi connectivity index (χ0v) is 11.0. The molecule has 8 heteroatoms. The summed E-state index contributed by atoms with van der Waals surface area (Å²) in [6.45, 7) is 2.84. The summed E-state index contributed by atoms with van der Waals surface area (Å²) < 4.78 is 54.4. The van der Waals surface area contributed by atoms with Gasteiger partial charge in [-0.25, -0.2) is 8.42 Å². The molecule has 17 heavy (non-hydrogen) atoms. The van der Waals surface area contributed by atoms with Gasteiger partial charge in [0.1, 0.15) is 0 Å². The number of hydrogen-bond donors (Lipinski definition) is 2. The van der Waals surface area contributed by atoms with Gasteiger partial charge >= 0.3 is 0 Å². The molecule has 0 bridgehead atoms. The second-order valence-corrected chi connectivity index (χ2v) is 7.17. The van der Waals surface area contributed by atoms with E-state index < -0.39 is 24.9 Å². The fourth-order valence-corrected chi connectivity index (χ4v) is 3.23. The van der Waals surface area contributed by atoms with E-state index in [9.17, 15) is 16.8 Å². The van der Waals surface area contributed by atoms with E-state index in [1.807, 2.05) is 0 Å². The molecule has 1 aromatic carbocycles. The summed E-state index contributed by atoms with van der Waals surface area (Å²) in [6, 6.07) is 2.10. The Morgan fingerprint density at radius 1 is 1.18 bits per heavy atom. The molecular formula is C9H13NO5S2. The van der Waals surface area contributed by atoms with E-state index in [1.54, 1.807) is 0 Å². The van der Waals surface area contributed by atoms with Crippen molar-refractivity contribution < 1.29 is 21.4 Å². The molecule has 0 fully saturated rings. The first-order valence-electron chi connectivity index (χ1n) is 4.70. The Morgan fingerprint density at radius 3 is 2.12 bits per heavy atom. The van der Waals surface area contributed by atoms with Crippen LogP contribution in [0.1, 0.15) is 12.5 Å². The third kappa shape index (κ3) is 2.76. The number of aryl methyl sites for hydroxylation is 1. The summed E-state index contributed by atoms with van der Waals surface area (Å²) in [7, 11) is -8.09. The lowest BCUT2D eigenvalue weighted by atomic mass is 10.2. The van der Waals surface area contributed by atoms with Gasteiger partial charge < -0.3 is 5.73 Å². The number of sulfone groups is 1. The van der Waals surface area contributed by atoms with Crippen molar-refractivity contribution in [1.29, 1.82) is 0 Å². The molecule has 0 radical (unpaired) electrons. The van der Waals surface area contributed by atoms with Crippen LogP contribution in [0.5, 0.6) is 0 Å². The van der Waals surface area contributed by atoms with Crippen molar-refractivity contribution >= 4 is 25.6 Å². The molecule has 96 valence electrons. The monoisotopic (exact) mass is 279 g/mol. The van der Waals surface area contributed by atoms with Crippen LogP contribution in [0.4, 0.5) is 5.69 Å². The van der Waals surface area contributed by atoms with Crippen LogP contribution in [0, 0.1) is 6.92 Å². The highest BCUT2D eigenvalue weighted by Crippen LogP contribution is 2.26. The SMILES string of the molecule is CCS(=O)(=O)c1cc(S(=O)(=O)O)c(C)cc1N. The number of benzene rings is 1. The Kier molecular flexibility index (Phi) is 3.51. The molecule has 0 saturated carbocycles. The van der Waals surface area contributed by atoms with Gasteiger partial charge in [-0.15, -0.1) is 0 Å². The lowest BCUT2D eigenvalue weighted by Crippen LogP contribution is -2.10. The van der Waals surface area contributed by atoms with E-state index >= 15 is 0 Å². The van der Waals surface area contributed by atoms with Crippen molar-refractivity contribution in [3.63, 3.8) is 0 Å². The molecule has 0 spiro atoms. The van der Waals surface area contributed by atoms with E-state index in [1.165, 1.54) is 19.9 Å². The van der Waals surface area contributed by atoms with Crippen LogP contribution in [0.2, 0.25) is 0 Å². The molecule has 1 aromatic rings. The summed E-state index contributed by atoms with van der Waals surface area (Å²) in [5.41, 5.74) is 5.70. The van der Waals surface area contributed by atoms with Crippen LogP contribution in [-0.2, 0) is 20.0 Å². The number of nitrogen functional groups attached to an aromatic ring is 1. The van der Waals surface area contributed by atoms with Crippen LogP contribution in [0.15, 0.2) is 21.9 Å². The number of rotatable bonds is 3. The maximum atomic E-state index is 11.7. The summed E-state index contributed by atoms with van der Waals surface area (Å²) in [4.78, 5) is -0.725. The number of hydrogen-bond acceptors (Lipinski definition) is 5. The maximum absolute atomic E-state index is 11.7. The molecule has 0 atom stereocenters. The van der Waals surface area contributed by atoms with Gasteiger partial charge in [0, 0.05) is 0 Å². The topological polar surface area (TPSA) is 115 Å². The molecule has 3 N–H and O–H groups in total. The normalized spacial score (nSPS) is 12.6. The molecule has 0 amide bonds. The first kappa shape index (κ1) is 13.9. The zero-order chi connectivity index (χ0) is 13.4. The molecule has 0 aliphatic carbocycles. The fourth-order valence-electron chi connectivity index (χ4n) is 1.39. The first-order valence-corrected chi connectivity index (χ1v) is 7.79. The van der Waals surface area contributed by atoms with Gasteiger partial charge in [-0.3, -0.25) is 4.55 Å². The zero-order valence-electron chi connectivity index (χ0n) is 9.34. The molecule has 0 aliphatic rings. The number of anilines is 1. The largest absolute Gasteiger partial charge is 0.398 e. The minimum Gasteiger partial charge on any atom is -0.398 e. The molecule has 0 saturated heterocycles. The van der Waals surface area contributed by atoms with E-state index in [0.29, 0.717) is 0 Å². The average molecular weight is 279 g/mol. The second-order valence-electron chi connectivity index (χ2n) is 3.53. The first-order chi connectivity index (χ1) is 7.59. The Morgan fingerprint density at radius 2 is 1.71 bits per heavy atom. The highest BCUT2D eigenvalue weighted by Gasteiger charge is 2.21. The predicted octanol–water partition coefficient (Wildman–Crippen LogP) is 0.618. The van der Waals surface area contributed by atoms with Crippen LogP contribution < -0.4 is 5.73 Å². The van der Waals surface area contributed by atoms with Gasteiger partial charge in [0.25, 0.3) is 10.1 Å². The van der Waals surface area contributed by atoms with E-state index in [4.69, 9.17) is 10.3 Å². The highest BCUT2D eigenvalue weighted by molar-refractivity contribution is 7.91. The van der Waals surface area contributed by atoms with Crippen LogP contribution in [0.3, 0.4) is 0 Å². The van der Waals surface area contributed by atoms with Crippen molar-refractivity contribution in [2.45, 2.75) is 23.6 Å². The van der Waals surface area contributed by atoms with E-state index in [2.05, 4.69) is 0 Å². The lowest BCUT2D eigenvalue weighted by Gasteiger charge is -2.09. The van der Waals surface area contributed by atoms with Crippen molar-refractivity contribution in [2.24, 2.45) is 0 Å². The van der Waals surface area contributed by atoms with Crippen molar-refractivity contribution in [2.75, 3.05) is 11.5 Å². The second kappa shape index (κ2) is 4.28. The van der Waals surface area contributed by atoms with Gasteiger partial charge in [0.2, 0.25) is 0 Å². The van der Waals surface area contributed by atoms with Gasteiger partial charge in [0.15, 0.2) is 9.84 Å². The molecule has 0 aromatic heterocycles. The summed E-state index contributed by atoms with van der Waals surface area (Å²) in [6.07, 6.45) is 0. The third-order valence-electron chi connectivity index (χ3n) is 2.30. The smallest absolute Gasteiger partial charge is 0.294 e. The summed E-state index contributed by atoms with van der Waals surface area (Å²) in [5.74, 6) is -0.203. The molecule has 0 unspecified atom stereocenters. The average Bonchev–Trinajstić information content (AvgIpc) is 2.15. The predicted molar refractivity (Wildman–Crippen MR) is 63.1 cm³/mol. The Hall–Kier alpha value is -1.12. The summed E-state index contributed by atoms with van der Waals surface area (Å²) >= 11 is 0. The maximum Gasteiger partial charge on any atom is 0.294 e.